The van der Waals surface area contributed by atoms with Crippen LogP contribution in [-0.2, 0) is 17.8 Å². The smallest absolute Gasteiger partial charge is 0.325 e. The highest BCUT2D eigenvalue weighted by molar-refractivity contribution is 6.30. The molecule has 0 bridgehead atoms. The van der Waals surface area contributed by atoms with Crippen LogP contribution >= 0.6 is 11.6 Å². The number of aliphatic carboxylic acids is 1. The van der Waals surface area contributed by atoms with E-state index in [1.807, 2.05) is 12.1 Å². The van der Waals surface area contributed by atoms with Gasteiger partial charge in [0.25, 0.3) is 0 Å². The normalized spacial score (nSPS) is 10.4. The van der Waals surface area contributed by atoms with Crippen LogP contribution in [-0.4, -0.2) is 31.3 Å². The molecule has 1 heterocycles. The highest BCUT2D eigenvalue weighted by Crippen LogP contribution is 2.13. The Kier molecular flexibility index (Phi) is 3.34. The monoisotopic (exact) mass is 252 g/mol. The summed E-state index contributed by atoms with van der Waals surface area (Å²) in [6.07, 6.45) is 0.445. The minimum Gasteiger partial charge on any atom is -0.480 e. The Labute approximate surface area is 102 Å². The summed E-state index contributed by atoms with van der Waals surface area (Å²) in [6.45, 7) is -0.247. The van der Waals surface area contributed by atoms with Gasteiger partial charge in [-0.15, -0.1) is 5.10 Å². The molecule has 7 heteroatoms. The second-order valence-electron chi connectivity index (χ2n) is 3.45. The van der Waals surface area contributed by atoms with Crippen LogP contribution in [0.15, 0.2) is 24.3 Å². The van der Waals surface area contributed by atoms with Crippen molar-refractivity contribution in [3.8, 4) is 0 Å². The molecule has 1 N–H and O–H groups in total. The van der Waals surface area contributed by atoms with E-state index in [1.54, 1.807) is 12.1 Å². The lowest BCUT2D eigenvalue weighted by Crippen LogP contribution is -2.13. The Morgan fingerprint density at radius 3 is 3.00 bits per heavy atom. The van der Waals surface area contributed by atoms with Crippen molar-refractivity contribution in [1.29, 1.82) is 0 Å². The molecule has 2 rings (SSSR count). The number of benzene rings is 1. The topological polar surface area (TPSA) is 80.9 Å². The van der Waals surface area contributed by atoms with E-state index in [-0.39, 0.29) is 6.54 Å². The molecule has 0 aliphatic carbocycles. The first-order valence-electron chi connectivity index (χ1n) is 4.86. The maximum atomic E-state index is 10.6. The van der Waals surface area contributed by atoms with Crippen LogP contribution in [0.25, 0.3) is 0 Å². The van der Waals surface area contributed by atoms with Crippen LogP contribution < -0.4 is 0 Å². The summed E-state index contributed by atoms with van der Waals surface area (Å²) in [6, 6.07) is 7.27. The van der Waals surface area contributed by atoms with Crippen LogP contribution in [0.4, 0.5) is 0 Å². The summed E-state index contributed by atoms with van der Waals surface area (Å²) < 4.78 is 1.25. The number of carboxylic acid groups (broad SMARTS) is 1. The first kappa shape index (κ1) is 11.5. The van der Waals surface area contributed by atoms with E-state index in [9.17, 15) is 4.79 Å². The molecule has 1 aromatic heterocycles. The Balaban J connectivity index is 2.18. The molecule has 17 heavy (non-hydrogen) atoms. The molecule has 0 atom stereocenters. The van der Waals surface area contributed by atoms with E-state index in [2.05, 4.69) is 15.5 Å². The van der Waals surface area contributed by atoms with Gasteiger partial charge in [-0.25, -0.2) is 4.68 Å². The Morgan fingerprint density at radius 1 is 1.47 bits per heavy atom. The molecule has 2 aromatic rings. The van der Waals surface area contributed by atoms with Gasteiger partial charge in [0.15, 0.2) is 5.82 Å². The van der Waals surface area contributed by atoms with Crippen molar-refractivity contribution in [3.63, 3.8) is 0 Å². The van der Waals surface area contributed by atoms with Gasteiger partial charge < -0.3 is 5.11 Å². The zero-order chi connectivity index (χ0) is 12.3. The first-order chi connectivity index (χ1) is 8.15. The second kappa shape index (κ2) is 4.92. The number of nitrogens with zero attached hydrogens (tertiary/aromatic N) is 4. The van der Waals surface area contributed by atoms with Gasteiger partial charge in [-0.2, -0.15) is 0 Å². The minimum atomic E-state index is -0.982. The highest BCUT2D eigenvalue weighted by atomic mass is 35.5. The number of carboxylic acids is 1. The molecule has 0 spiro atoms. The third-order valence-corrected chi connectivity index (χ3v) is 2.38. The summed E-state index contributed by atoms with van der Waals surface area (Å²) in [7, 11) is 0. The van der Waals surface area contributed by atoms with Crippen molar-refractivity contribution in [2.24, 2.45) is 0 Å². The van der Waals surface area contributed by atoms with Crippen molar-refractivity contribution in [1.82, 2.24) is 20.2 Å². The first-order valence-corrected chi connectivity index (χ1v) is 5.24. The van der Waals surface area contributed by atoms with Gasteiger partial charge in [0.1, 0.15) is 6.54 Å². The molecule has 0 aliphatic rings. The molecule has 0 aliphatic heterocycles. The molecule has 0 saturated carbocycles. The summed E-state index contributed by atoms with van der Waals surface area (Å²) in [4.78, 5) is 10.6. The molecule has 0 saturated heterocycles. The standard InChI is InChI=1S/C10H9ClN4O2/c11-8-3-1-2-7(4-8)5-9-12-13-14-15(9)6-10(16)17/h1-4H,5-6H2,(H,16,17). The van der Waals surface area contributed by atoms with Crippen molar-refractivity contribution in [3.05, 3.63) is 40.7 Å². The highest BCUT2D eigenvalue weighted by Gasteiger charge is 2.10. The molecular formula is C10H9ClN4O2. The molecule has 0 fully saturated rings. The quantitative estimate of drug-likeness (QED) is 0.878. The van der Waals surface area contributed by atoms with E-state index >= 15 is 0 Å². The van der Waals surface area contributed by atoms with Gasteiger partial charge in [0.2, 0.25) is 0 Å². The van der Waals surface area contributed by atoms with Crippen LogP contribution in [0.3, 0.4) is 0 Å². The fourth-order valence-corrected chi connectivity index (χ4v) is 1.64. The third kappa shape index (κ3) is 3.01. The molecule has 1 aromatic carbocycles. The van der Waals surface area contributed by atoms with Crippen LogP contribution in [0.2, 0.25) is 5.02 Å². The molecular weight excluding hydrogens is 244 g/mol. The number of hydrogen-bond donors (Lipinski definition) is 1. The lowest BCUT2D eigenvalue weighted by molar-refractivity contribution is -0.138. The van der Waals surface area contributed by atoms with Crippen molar-refractivity contribution in [2.75, 3.05) is 0 Å². The van der Waals surface area contributed by atoms with Crippen LogP contribution in [0, 0.1) is 0 Å². The molecule has 0 radical (unpaired) electrons. The maximum Gasteiger partial charge on any atom is 0.325 e. The van der Waals surface area contributed by atoms with Crippen molar-refractivity contribution < 1.29 is 9.90 Å². The van der Waals surface area contributed by atoms with Gasteiger partial charge in [0.05, 0.1) is 0 Å². The summed E-state index contributed by atoms with van der Waals surface area (Å²) >= 11 is 5.86. The van der Waals surface area contributed by atoms with E-state index in [4.69, 9.17) is 16.7 Å². The number of carbonyl (C=O) groups is 1. The minimum absolute atomic E-state index is 0.247. The van der Waals surface area contributed by atoms with E-state index < -0.39 is 5.97 Å². The van der Waals surface area contributed by atoms with E-state index in [0.29, 0.717) is 17.3 Å². The van der Waals surface area contributed by atoms with Gasteiger partial charge >= 0.3 is 5.97 Å². The lowest BCUT2D eigenvalue weighted by Gasteiger charge is -2.02. The average molecular weight is 253 g/mol. The zero-order valence-electron chi connectivity index (χ0n) is 8.75. The molecule has 0 amide bonds. The number of aromatic nitrogens is 4. The Bertz CT molecular complexity index is 541. The largest absolute Gasteiger partial charge is 0.480 e. The van der Waals surface area contributed by atoms with Gasteiger partial charge in [0, 0.05) is 11.4 Å². The lowest BCUT2D eigenvalue weighted by atomic mass is 10.1. The average Bonchev–Trinajstić information content (AvgIpc) is 2.65. The summed E-state index contributed by atoms with van der Waals surface area (Å²) in [5.41, 5.74) is 0.930. The predicted molar refractivity (Wildman–Crippen MR) is 59.7 cm³/mol. The Morgan fingerprint density at radius 2 is 2.29 bits per heavy atom. The van der Waals surface area contributed by atoms with Gasteiger partial charge in [-0.3, -0.25) is 4.79 Å². The number of rotatable bonds is 4. The number of tetrazole rings is 1. The second-order valence-corrected chi connectivity index (χ2v) is 3.89. The third-order valence-electron chi connectivity index (χ3n) is 2.14. The molecule has 0 unspecified atom stereocenters. The van der Waals surface area contributed by atoms with Crippen molar-refractivity contribution >= 4 is 17.6 Å². The van der Waals surface area contributed by atoms with Gasteiger partial charge in [-0.05, 0) is 28.1 Å². The predicted octanol–water partition coefficient (Wildman–Crippen LogP) is 1.00. The Hall–Kier alpha value is -1.95. The number of hydrogen-bond acceptors (Lipinski definition) is 4. The number of halogens is 1. The fourth-order valence-electron chi connectivity index (χ4n) is 1.43. The van der Waals surface area contributed by atoms with Gasteiger partial charge in [-0.1, -0.05) is 23.7 Å². The summed E-state index contributed by atoms with van der Waals surface area (Å²) in [5.74, 6) is -0.487. The van der Waals surface area contributed by atoms with Crippen molar-refractivity contribution in [2.45, 2.75) is 13.0 Å². The summed E-state index contributed by atoms with van der Waals surface area (Å²) in [5, 5.41) is 20.2. The van der Waals surface area contributed by atoms with Crippen LogP contribution in [0.5, 0.6) is 0 Å². The maximum absolute atomic E-state index is 10.6. The SMILES string of the molecule is O=C(O)Cn1nnnc1Cc1cccc(Cl)c1. The van der Waals surface area contributed by atoms with E-state index in [1.165, 1.54) is 4.68 Å². The molecule has 6 nitrogen and oxygen atoms in total. The van der Waals surface area contributed by atoms with E-state index in [0.717, 1.165) is 5.56 Å². The zero-order valence-corrected chi connectivity index (χ0v) is 9.50. The fraction of sp³-hybridized carbons (Fsp3) is 0.200. The molecule has 88 valence electrons. The van der Waals surface area contributed by atoms with Crippen LogP contribution in [0.1, 0.15) is 11.4 Å².